The summed E-state index contributed by atoms with van der Waals surface area (Å²) in [5.74, 6) is -1.54. The van der Waals surface area contributed by atoms with Gasteiger partial charge in [-0.15, -0.1) is 11.8 Å². The van der Waals surface area contributed by atoms with Gasteiger partial charge in [0, 0.05) is 12.2 Å². The summed E-state index contributed by atoms with van der Waals surface area (Å²) in [5, 5.41) is 0. The van der Waals surface area contributed by atoms with Crippen LogP contribution in [0.4, 0.5) is 4.39 Å². The lowest BCUT2D eigenvalue weighted by Gasteiger charge is -2.33. The van der Waals surface area contributed by atoms with Crippen LogP contribution in [0.2, 0.25) is 0 Å². The van der Waals surface area contributed by atoms with E-state index in [0.29, 0.717) is 18.6 Å². The third kappa shape index (κ3) is 2.67. The largest absolute Gasteiger partial charge is 0.454 e. The van der Waals surface area contributed by atoms with Crippen LogP contribution >= 0.6 is 11.8 Å². The van der Waals surface area contributed by atoms with Crippen LogP contribution in [0, 0.1) is 5.82 Å². The Hall–Kier alpha value is -2.09. The van der Waals surface area contributed by atoms with E-state index in [4.69, 9.17) is 10.5 Å². The van der Waals surface area contributed by atoms with Gasteiger partial charge in [0.05, 0.1) is 0 Å². The molecule has 2 amide bonds. The van der Waals surface area contributed by atoms with Crippen molar-refractivity contribution >= 4 is 29.5 Å². The second-order valence-electron chi connectivity index (χ2n) is 5.46. The van der Waals surface area contributed by atoms with Crippen molar-refractivity contribution in [2.45, 2.75) is 23.8 Å². The molecule has 2 aliphatic heterocycles. The molecule has 1 aromatic rings. The molecule has 2 heterocycles. The van der Waals surface area contributed by atoms with E-state index in [1.165, 1.54) is 28.8 Å². The van der Waals surface area contributed by atoms with E-state index in [-0.39, 0.29) is 11.7 Å². The standard InChI is InChI=1S/C15H15FN2O4S/c16-10-3-1-9(2-4-10)15-6-5-13(20)18(15)11(8-23-15)14(21)22-7-12(17)19/h1-4,11H,5-8H2,(H2,17,19)/t11-,15-/m1/s1. The van der Waals surface area contributed by atoms with Gasteiger partial charge in [0.25, 0.3) is 5.91 Å². The Morgan fingerprint density at radius 3 is 2.74 bits per heavy atom. The number of halogens is 1. The van der Waals surface area contributed by atoms with Crippen molar-refractivity contribution in [3.63, 3.8) is 0 Å². The maximum absolute atomic E-state index is 13.2. The normalized spacial score (nSPS) is 26.2. The van der Waals surface area contributed by atoms with Crippen molar-refractivity contribution < 1.29 is 23.5 Å². The number of carbonyl (C=O) groups excluding carboxylic acids is 3. The van der Waals surface area contributed by atoms with Gasteiger partial charge in [-0.3, -0.25) is 9.59 Å². The van der Waals surface area contributed by atoms with Gasteiger partial charge in [-0.1, -0.05) is 12.1 Å². The monoisotopic (exact) mass is 338 g/mol. The molecule has 2 saturated heterocycles. The van der Waals surface area contributed by atoms with Gasteiger partial charge in [-0.2, -0.15) is 0 Å². The van der Waals surface area contributed by atoms with E-state index in [0.717, 1.165) is 5.56 Å². The summed E-state index contributed by atoms with van der Waals surface area (Å²) >= 11 is 1.46. The number of fused-ring (bicyclic) bond motifs is 1. The second kappa shape index (κ2) is 5.84. The number of amides is 2. The molecule has 0 spiro atoms. The topological polar surface area (TPSA) is 89.7 Å². The van der Waals surface area contributed by atoms with E-state index >= 15 is 0 Å². The average Bonchev–Trinajstić information content (AvgIpc) is 3.05. The van der Waals surface area contributed by atoms with Crippen LogP contribution in [0.3, 0.4) is 0 Å². The first-order valence-corrected chi connectivity index (χ1v) is 8.10. The summed E-state index contributed by atoms with van der Waals surface area (Å²) in [5.41, 5.74) is 5.75. The quantitative estimate of drug-likeness (QED) is 0.818. The third-order valence-electron chi connectivity index (χ3n) is 4.05. The Bertz CT molecular complexity index is 666. The number of carbonyl (C=O) groups is 3. The first kappa shape index (κ1) is 15.8. The summed E-state index contributed by atoms with van der Waals surface area (Å²) in [6, 6.07) is 5.17. The molecule has 0 radical (unpaired) electrons. The number of hydrogen-bond donors (Lipinski definition) is 1. The number of rotatable bonds is 4. The molecule has 2 atom stereocenters. The molecule has 2 aliphatic rings. The van der Waals surface area contributed by atoms with Crippen molar-refractivity contribution in [2.24, 2.45) is 5.73 Å². The second-order valence-corrected chi connectivity index (χ2v) is 6.75. The van der Waals surface area contributed by atoms with Gasteiger partial charge in [-0.05, 0) is 24.1 Å². The van der Waals surface area contributed by atoms with Crippen LogP contribution in [0.1, 0.15) is 18.4 Å². The molecule has 0 aromatic heterocycles. The van der Waals surface area contributed by atoms with Crippen molar-refractivity contribution in [3.8, 4) is 0 Å². The molecule has 8 heteroatoms. The lowest BCUT2D eigenvalue weighted by molar-refractivity contribution is -0.156. The van der Waals surface area contributed by atoms with Crippen LogP contribution < -0.4 is 5.73 Å². The molecule has 6 nitrogen and oxygen atoms in total. The number of thioether (sulfide) groups is 1. The van der Waals surface area contributed by atoms with E-state index in [1.54, 1.807) is 12.1 Å². The fraction of sp³-hybridized carbons (Fsp3) is 0.400. The Balaban J connectivity index is 1.88. The number of esters is 1. The maximum Gasteiger partial charge on any atom is 0.330 e. The minimum atomic E-state index is -0.764. The summed E-state index contributed by atoms with van der Waals surface area (Å²) in [7, 11) is 0. The molecule has 0 bridgehead atoms. The van der Waals surface area contributed by atoms with Gasteiger partial charge in [0.2, 0.25) is 5.91 Å². The molecule has 0 aliphatic carbocycles. The highest BCUT2D eigenvalue weighted by molar-refractivity contribution is 8.00. The zero-order valence-electron chi connectivity index (χ0n) is 12.2. The summed E-state index contributed by atoms with van der Waals surface area (Å²) in [6.45, 7) is -0.508. The fourth-order valence-corrected chi connectivity index (χ4v) is 4.70. The number of hydrogen-bond acceptors (Lipinski definition) is 5. The average molecular weight is 338 g/mol. The molecular formula is C15H15FN2O4S. The Labute approximate surface area is 136 Å². The molecule has 0 saturated carbocycles. The third-order valence-corrected chi connectivity index (χ3v) is 5.65. The SMILES string of the molecule is NC(=O)COC(=O)[C@H]1CS[C@@]2(c3ccc(F)cc3)CCC(=O)N12. The molecule has 23 heavy (non-hydrogen) atoms. The van der Waals surface area contributed by atoms with Crippen molar-refractivity contribution in [1.29, 1.82) is 0 Å². The summed E-state index contributed by atoms with van der Waals surface area (Å²) < 4.78 is 18.0. The molecule has 2 N–H and O–H groups in total. The molecule has 1 aromatic carbocycles. The lowest BCUT2D eigenvalue weighted by Crippen LogP contribution is -2.47. The molecular weight excluding hydrogens is 323 g/mol. The summed E-state index contributed by atoms with van der Waals surface area (Å²) in [4.78, 5) is 36.0. The minimum Gasteiger partial charge on any atom is -0.454 e. The molecule has 2 fully saturated rings. The van der Waals surface area contributed by atoms with Crippen molar-refractivity contribution in [2.75, 3.05) is 12.4 Å². The highest BCUT2D eigenvalue weighted by Crippen LogP contribution is 2.54. The number of ether oxygens (including phenoxy) is 1. The van der Waals surface area contributed by atoms with Crippen LogP contribution in [-0.4, -0.2) is 41.1 Å². The molecule has 0 unspecified atom stereocenters. The Morgan fingerprint density at radius 1 is 1.39 bits per heavy atom. The van der Waals surface area contributed by atoms with E-state index < -0.39 is 29.4 Å². The van der Waals surface area contributed by atoms with Gasteiger partial charge >= 0.3 is 5.97 Å². The van der Waals surface area contributed by atoms with Gasteiger partial charge in [-0.25, -0.2) is 9.18 Å². The van der Waals surface area contributed by atoms with Crippen LogP contribution in [0.25, 0.3) is 0 Å². The lowest BCUT2D eigenvalue weighted by atomic mass is 10.0. The Kier molecular flexibility index (Phi) is 4.01. The van der Waals surface area contributed by atoms with Gasteiger partial charge in [0.1, 0.15) is 16.7 Å². The smallest absolute Gasteiger partial charge is 0.330 e. The fourth-order valence-electron chi connectivity index (χ4n) is 3.07. The highest BCUT2D eigenvalue weighted by atomic mass is 32.2. The zero-order chi connectivity index (χ0) is 16.6. The van der Waals surface area contributed by atoms with Crippen molar-refractivity contribution in [1.82, 2.24) is 4.90 Å². The summed E-state index contributed by atoms with van der Waals surface area (Å²) in [6.07, 6.45) is 0.853. The number of benzene rings is 1. The van der Waals surface area contributed by atoms with Crippen LogP contribution in [-0.2, 0) is 24.0 Å². The zero-order valence-corrected chi connectivity index (χ0v) is 13.0. The minimum absolute atomic E-state index is 0.152. The first-order chi connectivity index (χ1) is 10.9. The first-order valence-electron chi connectivity index (χ1n) is 7.11. The van der Waals surface area contributed by atoms with Crippen LogP contribution in [0.5, 0.6) is 0 Å². The highest BCUT2D eigenvalue weighted by Gasteiger charge is 2.57. The predicted octanol–water partition coefficient (Wildman–Crippen LogP) is 0.745. The van der Waals surface area contributed by atoms with E-state index in [1.807, 2.05) is 0 Å². The van der Waals surface area contributed by atoms with Gasteiger partial charge < -0.3 is 15.4 Å². The molecule has 122 valence electrons. The van der Waals surface area contributed by atoms with Crippen molar-refractivity contribution in [3.05, 3.63) is 35.6 Å². The van der Waals surface area contributed by atoms with Crippen LogP contribution in [0.15, 0.2) is 24.3 Å². The van der Waals surface area contributed by atoms with Gasteiger partial charge in [0.15, 0.2) is 6.61 Å². The molecule has 3 rings (SSSR count). The Morgan fingerprint density at radius 2 is 2.09 bits per heavy atom. The number of primary amides is 1. The van der Waals surface area contributed by atoms with E-state index in [2.05, 4.69) is 0 Å². The number of nitrogens with two attached hydrogens (primary N) is 1. The number of nitrogens with zero attached hydrogens (tertiary/aromatic N) is 1. The van der Waals surface area contributed by atoms with E-state index in [9.17, 15) is 18.8 Å². The predicted molar refractivity (Wildman–Crippen MR) is 80.6 cm³/mol. The maximum atomic E-state index is 13.2.